The first kappa shape index (κ1) is 19.7. The second kappa shape index (κ2) is 9.26. The fourth-order valence-electron chi connectivity index (χ4n) is 4.58. The van der Waals surface area contributed by atoms with Crippen molar-refractivity contribution in [1.29, 1.82) is 5.26 Å². The molecule has 0 spiro atoms. The number of rotatable bonds is 7. The molecular formula is C25H29N3O. The van der Waals surface area contributed by atoms with Crippen LogP contribution in [0.1, 0.15) is 48.5 Å². The van der Waals surface area contributed by atoms with Crippen LogP contribution >= 0.6 is 0 Å². The highest BCUT2D eigenvalue weighted by Crippen LogP contribution is 2.30. The summed E-state index contributed by atoms with van der Waals surface area (Å²) in [6, 6.07) is 18.1. The molecule has 150 valence electrons. The number of hydrogen-bond acceptors (Lipinski definition) is 3. The van der Waals surface area contributed by atoms with Gasteiger partial charge in [0.15, 0.2) is 0 Å². The molecule has 2 atom stereocenters. The molecule has 4 nitrogen and oxygen atoms in total. The van der Waals surface area contributed by atoms with E-state index in [4.69, 9.17) is 5.26 Å². The van der Waals surface area contributed by atoms with E-state index in [0.717, 1.165) is 68.4 Å². The van der Waals surface area contributed by atoms with E-state index in [-0.39, 0.29) is 6.10 Å². The van der Waals surface area contributed by atoms with Gasteiger partial charge >= 0.3 is 0 Å². The van der Waals surface area contributed by atoms with Crippen LogP contribution in [0.25, 0.3) is 10.9 Å². The number of nitriles is 1. The predicted octanol–water partition coefficient (Wildman–Crippen LogP) is 4.81. The maximum Gasteiger partial charge on any atom is 0.0991 e. The molecule has 2 heterocycles. The van der Waals surface area contributed by atoms with Gasteiger partial charge in [-0.2, -0.15) is 5.26 Å². The van der Waals surface area contributed by atoms with Crippen LogP contribution in [-0.4, -0.2) is 34.6 Å². The molecular weight excluding hydrogens is 358 g/mol. The lowest BCUT2D eigenvalue weighted by Gasteiger charge is -2.35. The lowest BCUT2D eigenvalue weighted by atomic mass is 9.88. The Morgan fingerprint density at radius 2 is 2.03 bits per heavy atom. The van der Waals surface area contributed by atoms with Gasteiger partial charge in [-0.05, 0) is 74.5 Å². The van der Waals surface area contributed by atoms with Gasteiger partial charge in [0.1, 0.15) is 0 Å². The minimum atomic E-state index is -0.362. The largest absolute Gasteiger partial charge is 0.388 e. The SMILES string of the molecule is N#Cc1ccc2[nH]cc(CCCCN3CCC[C@H](C(O)c4ccccc4)C3)c2c1. The van der Waals surface area contributed by atoms with Gasteiger partial charge in [0, 0.05) is 29.6 Å². The molecule has 0 radical (unpaired) electrons. The normalized spacial score (nSPS) is 18.6. The van der Waals surface area contributed by atoms with E-state index in [1.54, 1.807) is 0 Å². The lowest BCUT2D eigenvalue weighted by molar-refractivity contribution is 0.0498. The van der Waals surface area contributed by atoms with Gasteiger partial charge in [0.05, 0.1) is 17.7 Å². The highest BCUT2D eigenvalue weighted by atomic mass is 16.3. The van der Waals surface area contributed by atoms with Crippen LogP contribution in [0.4, 0.5) is 0 Å². The number of aliphatic hydroxyl groups excluding tert-OH is 1. The molecule has 3 aromatic rings. The van der Waals surface area contributed by atoms with Crippen molar-refractivity contribution in [1.82, 2.24) is 9.88 Å². The van der Waals surface area contributed by atoms with E-state index in [1.807, 2.05) is 48.5 Å². The number of aliphatic hydroxyl groups is 1. The van der Waals surface area contributed by atoms with Crippen LogP contribution in [0.3, 0.4) is 0 Å². The first-order valence-corrected chi connectivity index (χ1v) is 10.7. The minimum Gasteiger partial charge on any atom is -0.388 e. The zero-order valence-electron chi connectivity index (χ0n) is 16.8. The Labute approximate surface area is 172 Å². The van der Waals surface area contributed by atoms with Crippen LogP contribution in [0.15, 0.2) is 54.7 Å². The summed E-state index contributed by atoms with van der Waals surface area (Å²) < 4.78 is 0. The van der Waals surface area contributed by atoms with E-state index in [0.29, 0.717) is 5.92 Å². The molecule has 1 unspecified atom stereocenters. The van der Waals surface area contributed by atoms with Crippen LogP contribution in [0.5, 0.6) is 0 Å². The molecule has 4 heteroatoms. The van der Waals surface area contributed by atoms with E-state index < -0.39 is 0 Å². The fraction of sp³-hybridized carbons (Fsp3) is 0.400. The summed E-state index contributed by atoms with van der Waals surface area (Å²) in [5, 5.41) is 21.1. The maximum atomic E-state index is 10.7. The Hall–Kier alpha value is -2.61. The number of H-pyrrole nitrogens is 1. The number of piperidine rings is 1. The average Bonchev–Trinajstić information content (AvgIpc) is 3.19. The fourth-order valence-corrected chi connectivity index (χ4v) is 4.58. The van der Waals surface area contributed by atoms with Crippen molar-refractivity contribution in [3.63, 3.8) is 0 Å². The molecule has 0 aliphatic carbocycles. The van der Waals surface area contributed by atoms with E-state index >= 15 is 0 Å². The molecule has 29 heavy (non-hydrogen) atoms. The van der Waals surface area contributed by atoms with Crippen molar-refractivity contribution >= 4 is 10.9 Å². The Balaban J connectivity index is 1.27. The Kier molecular flexibility index (Phi) is 6.29. The number of benzene rings is 2. The summed E-state index contributed by atoms with van der Waals surface area (Å²) in [6.45, 7) is 3.20. The van der Waals surface area contributed by atoms with Crippen LogP contribution in [-0.2, 0) is 6.42 Å². The molecule has 0 bridgehead atoms. The smallest absolute Gasteiger partial charge is 0.0991 e. The van der Waals surface area contributed by atoms with Gasteiger partial charge in [-0.25, -0.2) is 0 Å². The quantitative estimate of drug-likeness (QED) is 0.572. The first-order chi connectivity index (χ1) is 14.2. The third-order valence-corrected chi connectivity index (χ3v) is 6.20. The Morgan fingerprint density at radius 3 is 2.86 bits per heavy atom. The maximum absolute atomic E-state index is 10.7. The number of aryl methyl sites for hydroxylation is 1. The number of hydrogen-bond donors (Lipinski definition) is 2. The topological polar surface area (TPSA) is 63.0 Å². The van der Waals surface area contributed by atoms with Crippen LogP contribution in [0.2, 0.25) is 0 Å². The summed E-state index contributed by atoms with van der Waals surface area (Å²) >= 11 is 0. The minimum absolute atomic E-state index is 0.323. The van der Waals surface area contributed by atoms with Gasteiger partial charge < -0.3 is 15.0 Å². The van der Waals surface area contributed by atoms with E-state index in [9.17, 15) is 5.11 Å². The third-order valence-electron chi connectivity index (χ3n) is 6.20. The second-order valence-electron chi connectivity index (χ2n) is 8.20. The molecule has 2 aromatic carbocycles. The third kappa shape index (κ3) is 4.70. The number of nitrogens with zero attached hydrogens (tertiary/aromatic N) is 2. The summed E-state index contributed by atoms with van der Waals surface area (Å²) in [6.07, 6.45) is 7.29. The van der Waals surface area contributed by atoms with Crippen molar-refractivity contribution in [3.8, 4) is 6.07 Å². The summed E-state index contributed by atoms with van der Waals surface area (Å²) in [4.78, 5) is 5.83. The van der Waals surface area contributed by atoms with Crippen molar-refractivity contribution in [2.75, 3.05) is 19.6 Å². The van der Waals surface area contributed by atoms with Crippen LogP contribution in [0, 0.1) is 17.2 Å². The number of aromatic amines is 1. The summed E-state index contributed by atoms with van der Waals surface area (Å²) in [5.74, 6) is 0.323. The number of likely N-dealkylation sites (tertiary alicyclic amines) is 1. The highest BCUT2D eigenvalue weighted by molar-refractivity contribution is 5.84. The number of fused-ring (bicyclic) bond motifs is 1. The van der Waals surface area contributed by atoms with Crippen molar-refractivity contribution in [2.24, 2.45) is 5.92 Å². The monoisotopic (exact) mass is 387 g/mol. The van der Waals surface area contributed by atoms with Gasteiger partial charge in [-0.3, -0.25) is 0 Å². The van der Waals surface area contributed by atoms with Gasteiger partial charge in [-0.1, -0.05) is 30.3 Å². The van der Waals surface area contributed by atoms with Crippen molar-refractivity contribution < 1.29 is 5.11 Å². The first-order valence-electron chi connectivity index (χ1n) is 10.7. The molecule has 1 aliphatic heterocycles. The average molecular weight is 388 g/mol. The number of nitrogens with one attached hydrogen (secondary N) is 1. The number of aromatic nitrogens is 1. The predicted molar refractivity (Wildman–Crippen MR) is 117 cm³/mol. The zero-order chi connectivity index (χ0) is 20.1. The molecule has 4 rings (SSSR count). The summed E-state index contributed by atoms with van der Waals surface area (Å²) in [5.41, 5.74) is 4.16. The van der Waals surface area contributed by atoms with Crippen LogP contribution < -0.4 is 0 Å². The van der Waals surface area contributed by atoms with Gasteiger partial charge in [-0.15, -0.1) is 0 Å². The Bertz CT molecular complexity index is 973. The second-order valence-corrected chi connectivity index (χ2v) is 8.20. The highest BCUT2D eigenvalue weighted by Gasteiger charge is 2.26. The van der Waals surface area contributed by atoms with Gasteiger partial charge in [0.25, 0.3) is 0 Å². The van der Waals surface area contributed by atoms with E-state index in [1.165, 1.54) is 10.9 Å². The standard InChI is InChI=1S/C25H29N3O/c26-16-19-11-12-24-23(15-19)21(17-27-24)9-4-5-13-28-14-6-10-22(18-28)25(29)20-7-2-1-3-8-20/h1-3,7-8,11-12,15,17,22,25,27,29H,4-6,9-10,13-14,18H2/t22-,25?/m0/s1. The zero-order valence-corrected chi connectivity index (χ0v) is 16.8. The molecule has 1 fully saturated rings. The molecule has 1 saturated heterocycles. The van der Waals surface area contributed by atoms with E-state index in [2.05, 4.69) is 22.1 Å². The lowest BCUT2D eigenvalue weighted by Crippen LogP contribution is -2.38. The molecule has 0 saturated carbocycles. The molecule has 1 aromatic heterocycles. The number of unbranched alkanes of at least 4 members (excludes halogenated alkanes) is 1. The van der Waals surface area contributed by atoms with Crippen molar-refractivity contribution in [3.05, 3.63) is 71.4 Å². The van der Waals surface area contributed by atoms with Crippen molar-refractivity contribution in [2.45, 2.75) is 38.2 Å². The van der Waals surface area contributed by atoms with Gasteiger partial charge in [0.2, 0.25) is 0 Å². The summed E-state index contributed by atoms with van der Waals surface area (Å²) in [7, 11) is 0. The molecule has 1 aliphatic rings. The molecule has 0 amide bonds. The molecule has 2 N–H and O–H groups in total. The Morgan fingerprint density at radius 1 is 1.17 bits per heavy atom.